The molecule has 9 heteroatoms. The summed E-state index contributed by atoms with van der Waals surface area (Å²) in [5.74, 6) is 0.223. The van der Waals surface area contributed by atoms with Crippen molar-refractivity contribution in [2.24, 2.45) is 0 Å². The van der Waals surface area contributed by atoms with E-state index in [1.807, 2.05) is 0 Å². The van der Waals surface area contributed by atoms with Crippen LogP contribution in [0.5, 0.6) is 0 Å². The predicted molar refractivity (Wildman–Crippen MR) is 72.0 cm³/mol. The van der Waals surface area contributed by atoms with Crippen molar-refractivity contribution in [3.05, 3.63) is 0 Å². The van der Waals surface area contributed by atoms with Gasteiger partial charge in [-0.3, -0.25) is 4.57 Å². The first-order valence-corrected chi connectivity index (χ1v) is 8.58. The Labute approximate surface area is 121 Å². The lowest BCUT2D eigenvalue weighted by atomic mass is 10.1. The molecule has 2 N–H and O–H groups in total. The molecule has 0 aromatic rings. The van der Waals surface area contributed by atoms with E-state index in [9.17, 15) is 9.46 Å². The van der Waals surface area contributed by atoms with Crippen LogP contribution in [0.3, 0.4) is 0 Å². The van der Waals surface area contributed by atoms with Crippen molar-refractivity contribution in [1.82, 2.24) is 0 Å². The van der Waals surface area contributed by atoms with Crippen molar-refractivity contribution in [2.45, 2.75) is 23.3 Å². The molecule has 0 aliphatic rings. The molecule has 0 aromatic heterocycles. The van der Waals surface area contributed by atoms with Crippen LogP contribution in [0.1, 0.15) is 6.42 Å². The van der Waals surface area contributed by atoms with Gasteiger partial charge in [0.15, 0.2) is 0 Å². The van der Waals surface area contributed by atoms with E-state index in [0.717, 1.165) is 0 Å². The summed E-state index contributed by atoms with van der Waals surface area (Å²) in [7, 11) is -3.88. The monoisotopic (exact) mass is 346 g/mol. The van der Waals surface area contributed by atoms with Gasteiger partial charge in [-0.25, -0.2) is 0 Å². The smallest absolute Gasteiger partial charge is 0.330 e. The first-order valence-electron chi connectivity index (χ1n) is 4.87. The number of aliphatic hydroxyl groups is 1. The van der Waals surface area contributed by atoms with Crippen molar-refractivity contribution >= 4 is 54.0 Å². The molecule has 0 heterocycles. The number of halogens is 4. The molecule has 0 saturated heterocycles. The van der Waals surface area contributed by atoms with Crippen LogP contribution in [0.25, 0.3) is 0 Å². The van der Waals surface area contributed by atoms with Crippen LogP contribution >= 0.6 is 54.0 Å². The largest absolute Gasteiger partial charge is 0.396 e. The van der Waals surface area contributed by atoms with Crippen LogP contribution in [0.4, 0.5) is 0 Å². The van der Waals surface area contributed by atoms with Crippen LogP contribution in [0.2, 0.25) is 0 Å². The Morgan fingerprint density at radius 1 is 1.24 bits per heavy atom. The maximum Gasteiger partial charge on any atom is 0.330 e. The van der Waals surface area contributed by atoms with E-state index in [2.05, 4.69) is 0 Å². The van der Waals surface area contributed by atoms with E-state index in [-0.39, 0.29) is 24.3 Å². The predicted octanol–water partition coefficient (Wildman–Crippen LogP) is 2.63. The Bertz CT molecular complexity index is 256. The van der Waals surface area contributed by atoms with Gasteiger partial charge in [-0.15, -0.1) is 46.4 Å². The molecule has 0 spiro atoms. The zero-order chi connectivity index (χ0) is 13.5. The summed E-state index contributed by atoms with van der Waals surface area (Å²) < 4.78 is 16.5. The number of aliphatic hydroxyl groups excluding tert-OH is 1. The lowest BCUT2D eigenvalue weighted by molar-refractivity contribution is 0.161. The van der Waals surface area contributed by atoms with Crippen molar-refractivity contribution < 1.29 is 19.1 Å². The lowest BCUT2D eigenvalue weighted by Crippen LogP contribution is -2.29. The highest BCUT2D eigenvalue weighted by Crippen LogP contribution is 2.44. The maximum absolute atomic E-state index is 11.5. The number of hydrogen-bond acceptors (Lipinski definition) is 3. The molecule has 0 bridgehead atoms. The second-order valence-electron chi connectivity index (χ2n) is 3.39. The van der Waals surface area contributed by atoms with Gasteiger partial charge in [-0.1, -0.05) is 0 Å². The van der Waals surface area contributed by atoms with E-state index in [4.69, 9.17) is 56.0 Å². The van der Waals surface area contributed by atoms with Crippen molar-refractivity contribution in [1.29, 1.82) is 0 Å². The molecular formula is C8H15Cl4O4P. The molecule has 0 radical (unpaired) electrons. The average molecular weight is 348 g/mol. The zero-order valence-corrected chi connectivity index (χ0v) is 12.9. The van der Waals surface area contributed by atoms with E-state index >= 15 is 0 Å². The van der Waals surface area contributed by atoms with Crippen molar-refractivity contribution in [3.63, 3.8) is 0 Å². The van der Waals surface area contributed by atoms with Gasteiger partial charge in [0.25, 0.3) is 0 Å². The molecule has 0 fully saturated rings. The summed E-state index contributed by atoms with van der Waals surface area (Å²) in [5, 5.41) is 7.54. The summed E-state index contributed by atoms with van der Waals surface area (Å²) in [4.78, 5) is 9.41. The van der Waals surface area contributed by atoms with Gasteiger partial charge in [0.05, 0.1) is 24.2 Å². The lowest BCUT2D eigenvalue weighted by Gasteiger charge is -2.25. The fourth-order valence-electron chi connectivity index (χ4n) is 1.06. The van der Waals surface area contributed by atoms with Gasteiger partial charge in [0.2, 0.25) is 0 Å². The highest BCUT2D eigenvalue weighted by atomic mass is 35.5. The van der Waals surface area contributed by atoms with Gasteiger partial charge >= 0.3 is 7.60 Å². The Morgan fingerprint density at radius 2 is 1.82 bits per heavy atom. The normalized spacial score (nSPS) is 20.6. The van der Waals surface area contributed by atoms with Gasteiger partial charge in [0.1, 0.15) is 0 Å². The number of hydrogen-bond donors (Lipinski definition) is 2. The standard InChI is InChI=1S/C8H15Cl4O4P/c9-4-6(11)3-8(7(12)5-10)16-17(14,15)2-1-13/h6-8,13H,1-5H2,(H,14,15). The van der Waals surface area contributed by atoms with Crippen LogP contribution in [-0.2, 0) is 9.09 Å². The highest BCUT2D eigenvalue weighted by Gasteiger charge is 2.30. The third-order valence-corrected chi connectivity index (χ3v) is 5.04. The van der Waals surface area contributed by atoms with Crippen molar-refractivity contribution in [2.75, 3.05) is 24.5 Å². The first-order chi connectivity index (χ1) is 7.86. The zero-order valence-electron chi connectivity index (χ0n) is 8.94. The van der Waals surface area contributed by atoms with Crippen LogP contribution in [-0.4, -0.2) is 51.4 Å². The molecule has 0 amide bonds. The summed E-state index contributed by atoms with van der Waals surface area (Å²) in [5.41, 5.74) is 0. The second kappa shape index (κ2) is 9.22. The third-order valence-electron chi connectivity index (χ3n) is 1.89. The Hall–Kier alpha value is 1.27. The third kappa shape index (κ3) is 8.12. The van der Waals surface area contributed by atoms with E-state index < -0.39 is 31.1 Å². The molecule has 0 saturated carbocycles. The minimum absolute atomic E-state index is 0.0528. The average Bonchev–Trinajstić information content (AvgIpc) is 2.26. The fourth-order valence-corrected chi connectivity index (χ4v) is 2.80. The molecule has 4 unspecified atom stereocenters. The summed E-state index contributed by atoms with van der Waals surface area (Å²) >= 11 is 22.8. The van der Waals surface area contributed by atoms with Gasteiger partial charge < -0.3 is 14.5 Å². The Morgan fingerprint density at radius 3 is 2.24 bits per heavy atom. The van der Waals surface area contributed by atoms with Crippen molar-refractivity contribution in [3.8, 4) is 0 Å². The molecular weight excluding hydrogens is 333 g/mol. The maximum atomic E-state index is 11.5. The van der Waals surface area contributed by atoms with Gasteiger partial charge in [-0.05, 0) is 6.42 Å². The quantitative estimate of drug-likeness (QED) is 0.497. The van der Waals surface area contributed by atoms with Crippen LogP contribution < -0.4 is 0 Å². The van der Waals surface area contributed by atoms with Crippen LogP contribution in [0.15, 0.2) is 0 Å². The van der Waals surface area contributed by atoms with E-state index in [1.165, 1.54) is 0 Å². The molecule has 0 aliphatic heterocycles. The number of rotatable bonds is 9. The first kappa shape index (κ1) is 18.3. The molecule has 0 rings (SSSR count). The number of alkyl halides is 4. The summed E-state index contributed by atoms with van der Waals surface area (Å²) in [6.07, 6.45) is -0.927. The van der Waals surface area contributed by atoms with Crippen LogP contribution in [0, 0.1) is 0 Å². The molecule has 0 aromatic carbocycles. The highest BCUT2D eigenvalue weighted by molar-refractivity contribution is 7.52. The Balaban J connectivity index is 4.53. The van der Waals surface area contributed by atoms with Gasteiger partial charge in [-0.2, -0.15) is 0 Å². The van der Waals surface area contributed by atoms with E-state index in [0.29, 0.717) is 0 Å². The molecule has 0 aliphatic carbocycles. The van der Waals surface area contributed by atoms with Gasteiger partial charge in [0, 0.05) is 17.1 Å². The summed E-state index contributed by atoms with van der Waals surface area (Å²) in [6.45, 7) is -0.450. The molecule has 104 valence electrons. The molecule has 4 nitrogen and oxygen atoms in total. The fraction of sp³-hybridized carbons (Fsp3) is 1.00. The second-order valence-corrected chi connectivity index (χ2v) is 7.11. The molecule has 4 atom stereocenters. The minimum atomic E-state index is -3.88. The SMILES string of the molecule is O=P(O)(CCO)OC(CC(Cl)CCl)C(Cl)CCl. The molecule has 17 heavy (non-hydrogen) atoms. The summed E-state index contributed by atoms with van der Waals surface area (Å²) in [6, 6.07) is 0. The Kier molecular flexibility index (Phi) is 9.91. The van der Waals surface area contributed by atoms with E-state index in [1.54, 1.807) is 0 Å². The topological polar surface area (TPSA) is 66.8 Å². The minimum Gasteiger partial charge on any atom is -0.396 e.